The SMILES string of the molecule is CC(C)C1NC(=O)[C@H](C)[C@H](O)c2ccc(cc2)CCCCOC(=O)[C@@H]2CCCN(N2)C(=O)[C@H](Cc2cccc(O)c2)NC1=O. The summed E-state index contributed by atoms with van der Waals surface area (Å²) in [5, 5.41) is 27.9. The van der Waals surface area contributed by atoms with Gasteiger partial charge in [0, 0.05) is 13.0 Å². The van der Waals surface area contributed by atoms with Gasteiger partial charge in [0.25, 0.3) is 5.91 Å². The van der Waals surface area contributed by atoms with Gasteiger partial charge in [-0.15, -0.1) is 0 Å². The third kappa shape index (κ3) is 8.57. The highest BCUT2D eigenvalue weighted by Crippen LogP contribution is 2.24. The van der Waals surface area contributed by atoms with Crippen molar-refractivity contribution >= 4 is 23.7 Å². The summed E-state index contributed by atoms with van der Waals surface area (Å²) in [6.07, 6.45) is 2.27. The number of benzene rings is 2. The summed E-state index contributed by atoms with van der Waals surface area (Å²) in [6.45, 7) is 5.75. The van der Waals surface area contributed by atoms with Crippen LogP contribution in [0.15, 0.2) is 48.5 Å². The number of fused-ring (bicyclic) bond motifs is 15. The molecule has 3 heterocycles. The number of esters is 1. The van der Waals surface area contributed by atoms with Gasteiger partial charge in [-0.1, -0.05) is 57.2 Å². The number of aryl methyl sites for hydroxylation is 1. The zero-order valence-electron chi connectivity index (χ0n) is 25.6. The summed E-state index contributed by atoms with van der Waals surface area (Å²) in [5.74, 6) is -3.11. The number of nitrogens with zero attached hydrogens (tertiary/aromatic N) is 1. The van der Waals surface area contributed by atoms with E-state index >= 15 is 0 Å². The van der Waals surface area contributed by atoms with Crippen LogP contribution in [0.25, 0.3) is 0 Å². The molecule has 2 aromatic carbocycles. The normalized spacial score (nSPS) is 26.3. The number of carbonyl (C=O) groups excluding carboxylic acids is 4. The molecule has 3 aliphatic heterocycles. The fourth-order valence-electron chi connectivity index (χ4n) is 5.52. The molecule has 0 aromatic heterocycles. The summed E-state index contributed by atoms with van der Waals surface area (Å²) >= 11 is 0. The number of hydrogen-bond donors (Lipinski definition) is 5. The largest absolute Gasteiger partial charge is 0.508 e. The van der Waals surface area contributed by atoms with Crippen molar-refractivity contribution in [3.63, 3.8) is 0 Å². The van der Waals surface area contributed by atoms with Gasteiger partial charge in [-0.2, -0.15) is 0 Å². The molecule has 11 heteroatoms. The summed E-state index contributed by atoms with van der Waals surface area (Å²) in [7, 11) is 0. The summed E-state index contributed by atoms with van der Waals surface area (Å²) < 4.78 is 5.52. The lowest BCUT2D eigenvalue weighted by atomic mass is 9.94. The summed E-state index contributed by atoms with van der Waals surface area (Å²) in [5.41, 5.74) is 5.26. The van der Waals surface area contributed by atoms with E-state index in [4.69, 9.17) is 4.74 Å². The predicted octanol–water partition coefficient (Wildman–Crippen LogP) is 2.31. The van der Waals surface area contributed by atoms with E-state index in [9.17, 15) is 29.4 Å². The van der Waals surface area contributed by atoms with Gasteiger partial charge < -0.3 is 25.6 Å². The number of aliphatic hydroxyl groups excluding tert-OH is 1. The molecule has 238 valence electrons. The first kappa shape index (κ1) is 32.9. The Balaban J connectivity index is 1.62. The predicted molar refractivity (Wildman–Crippen MR) is 163 cm³/mol. The van der Waals surface area contributed by atoms with Crippen molar-refractivity contribution in [3.05, 3.63) is 65.2 Å². The van der Waals surface area contributed by atoms with Crippen molar-refractivity contribution in [2.75, 3.05) is 13.2 Å². The monoisotopic (exact) mass is 608 g/mol. The van der Waals surface area contributed by atoms with E-state index in [2.05, 4.69) is 16.1 Å². The molecule has 5 rings (SSSR count). The molecular formula is C33H44N4O7. The Morgan fingerprint density at radius 2 is 1.73 bits per heavy atom. The van der Waals surface area contributed by atoms with E-state index in [1.807, 2.05) is 12.1 Å². The number of rotatable bonds is 3. The van der Waals surface area contributed by atoms with Gasteiger partial charge in [-0.3, -0.25) is 24.2 Å². The molecule has 1 saturated heterocycles. The standard InChI is InChI=1S/C33H44N4O7/c1-20(2)28-31(41)34-27(19-23-9-6-10-25(38)18-23)32(42)37-16-7-11-26(36-37)33(43)44-17-5-4-8-22-12-14-24(15-13-22)29(39)21(3)30(40)35-28/h6,9-10,12-15,18,20-21,26-29,36,38-39H,4-5,7-8,11,16-17,19H2,1-3H3,(H,34,41)(H,35,40)/t21-,26+,27+,28?,29+/m1/s1. The highest BCUT2D eigenvalue weighted by atomic mass is 16.5. The maximum atomic E-state index is 13.9. The fourth-order valence-corrected chi connectivity index (χ4v) is 5.52. The molecule has 0 saturated carbocycles. The first-order valence-electron chi connectivity index (χ1n) is 15.4. The molecule has 3 aliphatic rings. The molecule has 2 aromatic rings. The second-order valence-electron chi connectivity index (χ2n) is 12.1. The Kier molecular flexibility index (Phi) is 11.4. The third-order valence-electron chi connectivity index (χ3n) is 8.26. The number of nitrogens with one attached hydrogen (secondary N) is 3. The van der Waals surface area contributed by atoms with Crippen LogP contribution in [0, 0.1) is 11.8 Å². The molecule has 0 spiro atoms. The van der Waals surface area contributed by atoms with Gasteiger partial charge in [-0.25, -0.2) is 5.43 Å². The van der Waals surface area contributed by atoms with E-state index in [0.29, 0.717) is 36.9 Å². The number of aromatic hydroxyl groups is 1. The number of ether oxygens (including phenoxy) is 1. The first-order chi connectivity index (χ1) is 21.0. The minimum absolute atomic E-state index is 0.0214. The molecule has 0 radical (unpaired) electrons. The molecule has 5 N–H and O–H groups in total. The molecule has 5 atom stereocenters. The Bertz CT molecular complexity index is 1320. The van der Waals surface area contributed by atoms with Crippen molar-refractivity contribution in [2.24, 2.45) is 11.8 Å². The number of phenols is 1. The van der Waals surface area contributed by atoms with Crippen molar-refractivity contribution in [1.82, 2.24) is 21.1 Å². The molecule has 3 amide bonds. The lowest BCUT2D eigenvalue weighted by Gasteiger charge is -2.35. The first-order valence-corrected chi connectivity index (χ1v) is 15.4. The lowest BCUT2D eigenvalue weighted by Crippen LogP contribution is -2.62. The summed E-state index contributed by atoms with van der Waals surface area (Å²) in [4.78, 5) is 53.7. The Morgan fingerprint density at radius 1 is 0.977 bits per heavy atom. The molecule has 11 nitrogen and oxygen atoms in total. The topological polar surface area (TPSA) is 157 Å². The van der Waals surface area contributed by atoms with E-state index < -0.39 is 53.8 Å². The van der Waals surface area contributed by atoms with Crippen molar-refractivity contribution in [2.45, 2.75) is 83.5 Å². The van der Waals surface area contributed by atoms with Gasteiger partial charge in [0.1, 0.15) is 23.9 Å². The highest BCUT2D eigenvalue weighted by molar-refractivity contribution is 5.93. The van der Waals surface area contributed by atoms with Crippen LogP contribution in [0.1, 0.15) is 69.2 Å². The van der Waals surface area contributed by atoms with Crippen LogP contribution in [0.4, 0.5) is 0 Å². The minimum Gasteiger partial charge on any atom is -0.508 e. The maximum Gasteiger partial charge on any atom is 0.324 e. The Hall–Kier alpha value is -3.96. The molecule has 1 unspecified atom stereocenters. The smallest absolute Gasteiger partial charge is 0.324 e. The second-order valence-corrected chi connectivity index (χ2v) is 12.1. The van der Waals surface area contributed by atoms with Crippen LogP contribution >= 0.6 is 0 Å². The van der Waals surface area contributed by atoms with Crippen LogP contribution in [0.5, 0.6) is 5.75 Å². The average molecular weight is 609 g/mol. The van der Waals surface area contributed by atoms with E-state index in [1.54, 1.807) is 45.0 Å². The second kappa shape index (κ2) is 15.2. The van der Waals surface area contributed by atoms with Crippen LogP contribution in [-0.2, 0) is 36.8 Å². The number of amides is 3. The van der Waals surface area contributed by atoms with E-state index in [1.165, 1.54) is 17.1 Å². The number of carbonyl (C=O) groups is 4. The number of hydrogen-bond acceptors (Lipinski definition) is 8. The van der Waals surface area contributed by atoms with Gasteiger partial charge in [0.15, 0.2) is 0 Å². The molecule has 0 aliphatic carbocycles. The molecule has 44 heavy (non-hydrogen) atoms. The van der Waals surface area contributed by atoms with Crippen LogP contribution in [0.3, 0.4) is 0 Å². The molecule has 4 bridgehead atoms. The molecular weight excluding hydrogens is 564 g/mol. The van der Waals surface area contributed by atoms with Crippen LogP contribution in [0.2, 0.25) is 0 Å². The number of aliphatic hydroxyl groups is 1. The van der Waals surface area contributed by atoms with Crippen molar-refractivity contribution < 1.29 is 34.1 Å². The van der Waals surface area contributed by atoms with Gasteiger partial charge in [0.05, 0.1) is 18.6 Å². The Labute approximate surface area is 258 Å². The van der Waals surface area contributed by atoms with Gasteiger partial charge in [-0.05, 0) is 66.8 Å². The third-order valence-corrected chi connectivity index (χ3v) is 8.26. The lowest BCUT2D eigenvalue weighted by molar-refractivity contribution is -0.153. The van der Waals surface area contributed by atoms with Crippen molar-refractivity contribution in [1.29, 1.82) is 0 Å². The van der Waals surface area contributed by atoms with Crippen molar-refractivity contribution in [3.8, 4) is 5.75 Å². The number of hydrazine groups is 1. The minimum atomic E-state index is -1.09. The van der Waals surface area contributed by atoms with E-state index in [0.717, 1.165) is 18.4 Å². The van der Waals surface area contributed by atoms with E-state index in [-0.39, 0.29) is 24.7 Å². The maximum absolute atomic E-state index is 13.9. The molecule has 1 fully saturated rings. The summed E-state index contributed by atoms with van der Waals surface area (Å²) in [6, 6.07) is 11.1. The zero-order chi connectivity index (χ0) is 31.8. The fraction of sp³-hybridized carbons (Fsp3) is 0.515. The number of phenolic OH excluding ortho intramolecular Hbond substituents is 1. The highest BCUT2D eigenvalue weighted by Gasteiger charge is 2.36. The van der Waals surface area contributed by atoms with Crippen LogP contribution < -0.4 is 16.1 Å². The van der Waals surface area contributed by atoms with Gasteiger partial charge >= 0.3 is 5.97 Å². The van der Waals surface area contributed by atoms with Gasteiger partial charge in [0.2, 0.25) is 11.8 Å². The van der Waals surface area contributed by atoms with Crippen LogP contribution in [-0.4, -0.2) is 70.2 Å². The quantitative estimate of drug-likeness (QED) is 0.332. The Morgan fingerprint density at radius 3 is 2.43 bits per heavy atom. The average Bonchev–Trinajstić information content (AvgIpc) is 3.01. The zero-order valence-corrected chi connectivity index (χ0v) is 25.6.